The number of benzene rings is 1. The van der Waals surface area contributed by atoms with E-state index in [4.69, 9.17) is 4.74 Å². The summed E-state index contributed by atoms with van der Waals surface area (Å²) in [5.74, 6) is 1.26. The molecule has 6 heteroatoms. The molecule has 4 aromatic rings. The first-order chi connectivity index (χ1) is 14.9. The van der Waals surface area contributed by atoms with Crippen molar-refractivity contribution < 1.29 is 9.53 Å². The van der Waals surface area contributed by atoms with Gasteiger partial charge >= 0.3 is 0 Å². The van der Waals surface area contributed by atoms with Crippen LogP contribution in [0.5, 0.6) is 5.88 Å². The monoisotopic (exact) mass is 416 g/mol. The minimum atomic E-state index is 0.0310. The van der Waals surface area contributed by atoms with E-state index >= 15 is 0 Å². The molecule has 0 bridgehead atoms. The van der Waals surface area contributed by atoms with Crippen LogP contribution in [0.4, 0.5) is 0 Å². The van der Waals surface area contributed by atoms with Gasteiger partial charge in [0.15, 0.2) is 11.4 Å². The predicted octanol–water partition coefficient (Wildman–Crippen LogP) is 4.79. The highest BCUT2D eigenvalue weighted by Gasteiger charge is 2.30. The van der Waals surface area contributed by atoms with Crippen molar-refractivity contribution in [3.63, 3.8) is 0 Å². The van der Waals surface area contributed by atoms with Crippen LogP contribution in [-0.2, 0) is 18.9 Å². The summed E-state index contributed by atoms with van der Waals surface area (Å²) in [6.07, 6.45) is 4.90. The second kappa shape index (κ2) is 7.52. The van der Waals surface area contributed by atoms with Gasteiger partial charge in [0.2, 0.25) is 5.88 Å². The number of aromatic nitrogens is 4. The summed E-state index contributed by atoms with van der Waals surface area (Å²) in [6, 6.07) is 10.4. The molecule has 1 fully saturated rings. The van der Waals surface area contributed by atoms with E-state index < -0.39 is 0 Å². The van der Waals surface area contributed by atoms with E-state index in [1.165, 1.54) is 29.3 Å². The molecular formula is C25H28N4O2. The van der Waals surface area contributed by atoms with Crippen molar-refractivity contribution in [2.45, 2.75) is 44.9 Å². The molecule has 31 heavy (non-hydrogen) atoms. The van der Waals surface area contributed by atoms with Crippen molar-refractivity contribution >= 4 is 27.7 Å². The molecule has 6 nitrogen and oxygen atoms in total. The van der Waals surface area contributed by atoms with E-state index in [-0.39, 0.29) is 18.3 Å². The maximum absolute atomic E-state index is 12.6. The Hall–Kier alpha value is -3.15. The third-order valence-corrected chi connectivity index (χ3v) is 6.35. The molecular weight excluding hydrogens is 388 g/mol. The highest BCUT2D eigenvalue weighted by Crippen LogP contribution is 2.43. The Morgan fingerprint density at radius 3 is 2.81 bits per heavy atom. The lowest BCUT2D eigenvalue weighted by Gasteiger charge is -2.12. The highest BCUT2D eigenvalue weighted by molar-refractivity contribution is 5.84. The number of hydrogen-bond donors (Lipinski definition) is 0. The first-order valence-electron chi connectivity index (χ1n) is 10.9. The molecule has 3 aromatic heterocycles. The zero-order valence-corrected chi connectivity index (χ0v) is 18.6. The minimum Gasteiger partial charge on any atom is -0.470 e. The van der Waals surface area contributed by atoms with Gasteiger partial charge in [-0.1, -0.05) is 13.0 Å². The minimum absolute atomic E-state index is 0.0310. The lowest BCUT2D eigenvalue weighted by atomic mass is 9.95. The first kappa shape index (κ1) is 19.8. The Bertz CT molecular complexity index is 1300. The maximum atomic E-state index is 12.6. The summed E-state index contributed by atoms with van der Waals surface area (Å²) in [5, 5.41) is 7.01. The Morgan fingerprint density at radius 2 is 2.03 bits per heavy atom. The molecule has 1 aromatic carbocycles. The number of rotatable bonds is 7. The van der Waals surface area contributed by atoms with Gasteiger partial charge in [0.25, 0.3) is 0 Å². The molecule has 0 amide bonds. The van der Waals surface area contributed by atoms with E-state index in [9.17, 15) is 4.79 Å². The topological polar surface area (TPSA) is 61.9 Å². The van der Waals surface area contributed by atoms with Gasteiger partial charge in [0.1, 0.15) is 6.61 Å². The number of ketones is 1. The number of carbonyl (C=O) groups is 1. The number of Topliss-reactive ketones (excluding diaryl/α,β-unsaturated/α-hetero) is 1. The van der Waals surface area contributed by atoms with E-state index in [0.717, 1.165) is 22.3 Å². The van der Waals surface area contributed by atoms with Crippen molar-refractivity contribution in [1.29, 1.82) is 0 Å². The van der Waals surface area contributed by atoms with Gasteiger partial charge in [0, 0.05) is 49.6 Å². The molecule has 0 N–H and O–H groups in total. The number of hydrogen-bond acceptors (Lipinski definition) is 4. The van der Waals surface area contributed by atoms with Gasteiger partial charge in [-0.3, -0.25) is 9.48 Å². The van der Waals surface area contributed by atoms with Crippen LogP contribution in [0, 0.1) is 6.92 Å². The lowest BCUT2D eigenvalue weighted by Crippen LogP contribution is -2.14. The van der Waals surface area contributed by atoms with Crippen molar-refractivity contribution in [2.24, 2.45) is 14.1 Å². The summed E-state index contributed by atoms with van der Waals surface area (Å²) >= 11 is 0. The van der Waals surface area contributed by atoms with Gasteiger partial charge in [-0.25, -0.2) is 0 Å². The molecule has 1 saturated carbocycles. The number of aryl methyl sites for hydroxylation is 3. The summed E-state index contributed by atoms with van der Waals surface area (Å²) < 4.78 is 9.73. The normalized spacial score (nSPS) is 15.0. The molecule has 5 rings (SSSR count). The van der Waals surface area contributed by atoms with E-state index in [1.807, 2.05) is 24.8 Å². The fraction of sp³-hybridized carbons (Fsp3) is 0.400. The Morgan fingerprint density at radius 1 is 1.23 bits per heavy atom. The average Bonchev–Trinajstić information content (AvgIpc) is 3.45. The van der Waals surface area contributed by atoms with Crippen LogP contribution in [0.25, 0.3) is 21.9 Å². The number of nitrogens with zero attached hydrogens (tertiary/aromatic N) is 4. The zero-order valence-electron chi connectivity index (χ0n) is 18.6. The molecule has 1 atom stereocenters. The van der Waals surface area contributed by atoms with Crippen LogP contribution >= 0.6 is 0 Å². The molecule has 0 aliphatic heterocycles. The fourth-order valence-corrected chi connectivity index (χ4v) is 4.43. The van der Waals surface area contributed by atoms with Crippen molar-refractivity contribution in [3.05, 3.63) is 53.3 Å². The van der Waals surface area contributed by atoms with Gasteiger partial charge < -0.3 is 9.30 Å². The molecule has 160 valence electrons. The Balaban J connectivity index is 1.26. The van der Waals surface area contributed by atoms with Crippen LogP contribution in [0.3, 0.4) is 0 Å². The van der Waals surface area contributed by atoms with Crippen molar-refractivity contribution in [3.8, 4) is 5.88 Å². The summed E-state index contributed by atoms with van der Waals surface area (Å²) in [6.45, 7) is 4.18. The number of pyridine rings is 1. The zero-order chi connectivity index (χ0) is 21.7. The third-order valence-electron chi connectivity index (χ3n) is 6.35. The van der Waals surface area contributed by atoms with Crippen LogP contribution in [-0.4, -0.2) is 31.7 Å². The van der Waals surface area contributed by atoms with Gasteiger partial charge in [-0.2, -0.15) is 10.1 Å². The second-order valence-electron chi connectivity index (χ2n) is 8.94. The molecule has 0 saturated heterocycles. The number of carbonyl (C=O) groups excluding carboxylic acids is 1. The van der Waals surface area contributed by atoms with Crippen molar-refractivity contribution in [1.82, 2.24) is 19.3 Å². The van der Waals surface area contributed by atoms with E-state index in [0.29, 0.717) is 18.2 Å². The Labute approximate surface area is 181 Å². The van der Waals surface area contributed by atoms with Crippen LogP contribution < -0.4 is 4.74 Å². The van der Waals surface area contributed by atoms with Crippen molar-refractivity contribution in [2.75, 3.05) is 6.61 Å². The molecule has 1 unspecified atom stereocenters. The smallest absolute Gasteiger partial charge is 0.215 e. The molecule has 1 aliphatic rings. The molecule has 1 aliphatic carbocycles. The van der Waals surface area contributed by atoms with Gasteiger partial charge in [-0.15, -0.1) is 0 Å². The first-order valence-corrected chi connectivity index (χ1v) is 10.9. The molecule has 3 heterocycles. The number of ether oxygens (including phenoxy) is 1. The maximum Gasteiger partial charge on any atom is 0.215 e. The fourth-order valence-electron chi connectivity index (χ4n) is 4.43. The van der Waals surface area contributed by atoms with Crippen LogP contribution in [0.1, 0.15) is 54.8 Å². The number of fused-ring (bicyclic) bond motifs is 2. The summed E-state index contributed by atoms with van der Waals surface area (Å²) in [5.41, 5.74) is 5.45. The van der Waals surface area contributed by atoms with E-state index in [2.05, 4.69) is 59.0 Å². The van der Waals surface area contributed by atoms with E-state index in [1.54, 1.807) is 0 Å². The largest absolute Gasteiger partial charge is 0.470 e. The Kier molecular flexibility index (Phi) is 4.80. The third kappa shape index (κ3) is 3.71. The van der Waals surface area contributed by atoms with Gasteiger partial charge in [-0.05, 0) is 60.4 Å². The van der Waals surface area contributed by atoms with Crippen LogP contribution in [0.15, 0.2) is 36.5 Å². The SMILES string of the molecule is Cc1cc(OCC(=O)CC(C)c2ccc3c(ccn3C)c2)nc2c1c(C1CC1)nn2C. The molecule has 0 radical (unpaired) electrons. The highest BCUT2D eigenvalue weighted by atomic mass is 16.5. The second-order valence-corrected chi connectivity index (χ2v) is 8.94. The predicted molar refractivity (Wildman–Crippen MR) is 122 cm³/mol. The van der Waals surface area contributed by atoms with Crippen LogP contribution in [0.2, 0.25) is 0 Å². The quantitative estimate of drug-likeness (QED) is 0.435. The summed E-state index contributed by atoms with van der Waals surface area (Å²) in [7, 11) is 3.96. The standard InChI is InChI=1S/C25H28N4O2/c1-15(18-7-8-21-19(13-18)9-10-28(21)3)11-20(30)14-31-22-12-16(2)23-24(17-5-6-17)27-29(4)25(23)26-22/h7-10,12-13,15,17H,5-6,11,14H2,1-4H3. The summed E-state index contributed by atoms with van der Waals surface area (Å²) in [4.78, 5) is 17.2. The lowest BCUT2D eigenvalue weighted by molar-refractivity contribution is -0.121. The molecule has 0 spiro atoms. The van der Waals surface area contributed by atoms with Gasteiger partial charge in [0.05, 0.1) is 5.69 Å². The average molecular weight is 417 g/mol.